The van der Waals surface area contributed by atoms with Crippen molar-refractivity contribution in [1.82, 2.24) is 29.9 Å². The van der Waals surface area contributed by atoms with E-state index in [2.05, 4.69) is 33.9 Å². The minimum atomic E-state index is -0.988. The molecule has 4 amide bonds. The van der Waals surface area contributed by atoms with Gasteiger partial charge in [-0.3, -0.25) is 39.0 Å². The molecule has 0 radical (unpaired) electrons. The maximum Gasteiger partial charge on any atom is 0.262 e. The van der Waals surface area contributed by atoms with Crippen molar-refractivity contribution in [2.45, 2.75) is 89.6 Å². The van der Waals surface area contributed by atoms with Gasteiger partial charge >= 0.3 is 0 Å². The predicted molar refractivity (Wildman–Crippen MR) is 217 cm³/mol. The number of nitrogens with one attached hydrogen (secondary N) is 1. The van der Waals surface area contributed by atoms with Crippen LogP contribution >= 0.6 is 23.2 Å². The highest BCUT2D eigenvalue weighted by molar-refractivity contribution is 6.36. The molecular formula is C42H45Cl2FN8O5. The van der Waals surface area contributed by atoms with Crippen molar-refractivity contribution in [2.24, 2.45) is 5.92 Å². The number of imide groups is 2. The van der Waals surface area contributed by atoms with Crippen molar-refractivity contribution in [3.8, 4) is 16.9 Å². The zero-order valence-electron chi connectivity index (χ0n) is 32.5. The van der Waals surface area contributed by atoms with E-state index in [0.29, 0.717) is 27.8 Å². The van der Waals surface area contributed by atoms with Crippen molar-refractivity contribution < 1.29 is 28.3 Å². The normalized spacial score (nSPS) is 24.6. The molecule has 1 aliphatic carbocycles. The first-order valence-corrected chi connectivity index (χ1v) is 20.5. The smallest absolute Gasteiger partial charge is 0.262 e. The first-order chi connectivity index (χ1) is 27.8. The zero-order chi connectivity index (χ0) is 41.0. The van der Waals surface area contributed by atoms with Gasteiger partial charge in [-0.25, -0.2) is 9.37 Å². The molecule has 0 spiro atoms. The quantitative estimate of drug-likeness (QED) is 0.135. The molecule has 2 aromatic heterocycles. The van der Waals surface area contributed by atoms with E-state index in [1.54, 1.807) is 31.3 Å². The number of pyridine rings is 1. The van der Waals surface area contributed by atoms with E-state index in [4.69, 9.17) is 38.8 Å². The maximum atomic E-state index is 14.2. The van der Waals surface area contributed by atoms with Gasteiger partial charge in [0.2, 0.25) is 11.8 Å². The van der Waals surface area contributed by atoms with Crippen molar-refractivity contribution in [2.75, 3.05) is 30.3 Å². The number of halogens is 3. The summed E-state index contributed by atoms with van der Waals surface area (Å²) >= 11 is 12.5. The van der Waals surface area contributed by atoms with Crippen LogP contribution in [0.4, 0.5) is 15.9 Å². The molecule has 4 aromatic rings. The number of aromatic nitrogens is 3. The third-order valence-corrected chi connectivity index (χ3v) is 12.9. The molecule has 3 aliphatic heterocycles. The van der Waals surface area contributed by atoms with Crippen molar-refractivity contribution in [3.63, 3.8) is 0 Å². The van der Waals surface area contributed by atoms with Gasteiger partial charge in [-0.05, 0) is 95.2 Å². The summed E-state index contributed by atoms with van der Waals surface area (Å²) in [5.41, 5.74) is 9.61. The fourth-order valence-electron chi connectivity index (χ4n) is 9.03. The number of carbonyl (C=O) groups excluding carboxylic acids is 4. The number of nitrogen functional groups attached to an aromatic ring is 1. The van der Waals surface area contributed by atoms with Crippen LogP contribution in [0, 0.1) is 11.7 Å². The fraction of sp³-hybridized carbons (Fsp3) is 0.429. The SMILES string of the molecule is CC1CN(c2ccc3c(c2)C(=O)N(C2CCC(=O)NC2=O)C3=O)CC(C)N1CC1CCC(n2cc(-c3cnc(N)c(O[C@H](C)c4c(Cl)ccc(F)c4Cl)c3)cn2)CC1. The van der Waals surface area contributed by atoms with E-state index in [-0.39, 0.29) is 47.4 Å². The van der Waals surface area contributed by atoms with E-state index < -0.39 is 41.6 Å². The van der Waals surface area contributed by atoms with E-state index >= 15 is 0 Å². The lowest BCUT2D eigenvalue weighted by Gasteiger charge is -2.47. The molecule has 5 heterocycles. The van der Waals surface area contributed by atoms with E-state index in [0.717, 1.165) is 67.0 Å². The number of piperidine rings is 1. The molecule has 3 unspecified atom stereocenters. The highest BCUT2D eigenvalue weighted by Crippen LogP contribution is 2.39. The number of carbonyl (C=O) groups is 4. The zero-order valence-corrected chi connectivity index (χ0v) is 34.0. The standard InChI is InChI=1S/C42H45Cl2FN8O5/c1-22-18-50(29-8-9-30-31(15-29)42(57)53(41(30)56)34-12-13-36(54)49-40(34)55)19-23(2)51(22)20-25-4-6-28(7-5-25)52-21-27(17-48-52)26-14-35(39(46)47-16-26)58-24(3)37-32(43)10-11-33(45)38(37)44/h8-11,14-17,21-25,28,34H,4-7,12-13,18-20H2,1-3H3,(H2,46,47)(H,49,54,55)/t22?,23?,24-,25?,28?,34?/m1/s1. The number of hydrogen-bond acceptors (Lipinski definition) is 10. The summed E-state index contributed by atoms with van der Waals surface area (Å²) in [6.07, 6.45) is 9.22. The summed E-state index contributed by atoms with van der Waals surface area (Å²) in [5.74, 6) is -1.53. The largest absolute Gasteiger partial charge is 0.482 e. The molecule has 304 valence electrons. The summed E-state index contributed by atoms with van der Waals surface area (Å²) in [4.78, 5) is 61.1. The molecular weight excluding hydrogens is 786 g/mol. The number of amides is 4. The summed E-state index contributed by atoms with van der Waals surface area (Å²) < 4.78 is 22.3. The Balaban J connectivity index is 0.858. The number of ether oxygens (including phenoxy) is 1. The number of anilines is 2. The second-order valence-electron chi connectivity index (χ2n) is 16.0. The third-order valence-electron chi connectivity index (χ3n) is 12.2. The fourth-order valence-corrected chi connectivity index (χ4v) is 9.71. The van der Waals surface area contributed by atoms with Gasteiger partial charge in [-0.2, -0.15) is 5.10 Å². The van der Waals surface area contributed by atoms with E-state index in [9.17, 15) is 23.6 Å². The molecule has 0 bridgehead atoms. The van der Waals surface area contributed by atoms with Crippen molar-refractivity contribution >= 4 is 58.3 Å². The number of hydrogen-bond donors (Lipinski definition) is 2. The van der Waals surface area contributed by atoms with E-state index in [1.165, 1.54) is 12.1 Å². The van der Waals surface area contributed by atoms with Gasteiger partial charge in [0, 0.05) is 77.9 Å². The first-order valence-electron chi connectivity index (χ1n) is 19.7. The van der Waals surface area contributed by atoms with E-state index in [1.807, 2.05) is 23.1 Å². The molecule has 3 fully saturated rings. The number of nitrogens with zero attached hydrogens (tertiary/aromatic N) is 6. The monoisotopic (exact) mass is 830 g/mol. The average Bonchev–Trinajstić information content (AvgIpc) is 3.78. The summed E-state index contributed by atoms with van der Waals surface area (Å²) in [6, 6.07) is 9.59. The topological polar surface area (TPSA) is 156 Å². The van der Waals surface area contributed by atoms with Crippen LogP contribution in [0.2, 0.25) is 10.0 Å². The Kier molecular flexibility index (Phi) is 10.9. The molecule has 16 heteroatoms. The number of benzene rings is 2. The third kappa shape index (κ3) is 7.53. The maximum absolute atomic E-state index is 14.2. The Morgan fingerprint density at radius 3 is 2.38 bits per heavy atom. The molecule has 2 saturated heterocycles. The molecule has 8 rings (SSSR count). The second-order valence-corrected chi connectivity index (χ2v) is 16.8. The lowest BCUT2D eigenvalue weighted by atomic mass is 9.85. The van der Waals surface area contributed by atoms with Gasteiger partial charge in [0.15, 0.2) is 11.6 Å². The molecule has 1 saturated carbocycles. The number of nitrogens with two attached hydrogens (primary N) is 1. The predicted octanol–water partition coefficient (Wildman–Crippen LogP) is 6.84. The van der Waals surface area contributed by atoms with Gasteiger partial charge in [0.05, 0.1) is 28.4 Å². The summed E-state index contributed by atoms with van der Waals surface area (Å²) in [7, 11) is 0. The minimum Gasteiger partial charge on any atom is -0.482 e. The van der Waals surface area contributed by atoms with Gasteiger partial charge in [-0.1, -0.05) is 23.2 Å². The highest BCUT2D eigenvalue weighted by Gasteiger charge is 2.45. The van der Waals surface area contributed by atoms with Crippen LogP contribution in [-0.2, 0) is 9.59 Å². The Bertz CT molecular complexity index is 2280. The van der Waals surface area contributed by atoms with Crippen LogP contribution in [0.25, 0.3) is 11.1 Å². The minimum absolute atomic E-state index is 0.0825. The number of piperazine rings is 1. The van der Waals surface area contributed by atoms with Crippen LogP contribution in [-0.4, -0.2) is 86.0 Å². The van der Waals surface area contributed by atoms with Crippen LogP contribution in [0.1, 0.15) is 97.7 Å². The van der Waals surface area contributed by atoms with Gasteiger partial charge in [0.25, 0.3) is 11.8 Å². The Hall–Kier alpha value is -5.05. The van der Waals surface area contributed by atoms with Gasteiger partial charge in [0.1, 0.15) is 18.0 Å². The molecule has 3 N–H and O–H groups in total. The van der Waals surface area contributed by atoms with Crippen LogP contribution < -0.4 is 20.7 Å². The molecule has 2 aromatic carbocycles. The molecule has 4 atom stereocenters. The highest BCUT2D eigenvalue weighted by atomic mass is 35.5. The molecule has 58 heavy (non-hydrogen) atoms. The average molecular weight is 832 g/mol. The second kappa shape index (κ2) is 16.0. The first kappa shape index (κ1) is 39.8. The lowest BCUT2D eigenvalue weighted by molar-refractivity contribution is -0.136. The van der Waals surface area contributed by atoms with Crippen LogP contribution in [0.3, 0.4) is 0 Å². The van der Waals surface area contributed by atoms with Crippen LogP contribution in [0.5, 0.6) is 5.75 Å². The summed E-state index contributed by atoms with van der Waals surface area (Å²) in [6.45, 7) is 8.73. The Morgan fingerprint density at radius 1 is 0.931 bits per heavy atom. The molecule has 4 aliphatic rings. The number of fused-ring (bicyclic) bond motifs is 1. The molecule has 13 nitrogen and oxygen atoms in total. The van der Waals surface area contributed by atoms with Gasteiger partial charge in [-0.15, -0.1) is 0 Å². The summed E-state index contributed by atoms with van der Waals surface area (Å²) in [5, 5.41) is 7.17. The number of rotatable bonds is 9. The van der Waals surface area contributed by atoms with Gasteiger partial charge < -0.3 is 15.4 Å². The lowest BCUT2D eigenvalue weighted by Crippen LogP contribution is -2.58. The Morgan fingerprint density at radius 2 is 1.66 bits per heavy atom. The van der Waals surface area contributed by atoms with Crippen molar-refractivity contribution in [3.05, 3.63) is 87.5 Å². The van der Waals surface area contributed by atoms with Crippen molar-refractivity contribution in [1.29, 1.82) is 0 Å². The Labute approximate surface area is 345 Å². The van der Waals surface area contributed by atoms with Crippen LogP contribution in [0.15, 0.2) is 55.0 Å².